The normalized spacial score (nSPS) is 22.0. The van der Waals surface area contributed by atoms with Crippen LogP contribution in [0.2, 0.25) is 0 Å². The fourth-order valence-electron chi connectivity index (χ4n) is 3.02. The van der Waals surface area contributed by atoms with E-state index in [4.69, 9.17) is 9.47 Å². The third-order valence-electron chi connectivity index (χ3n) is 4.30. The predicted molar refractivity (Wildman–Crippen MR) is 82.2 cm³/mol. The van der Waals surface area contributed by atoms with E-state index in [1.807, 2.05) is 6.07 Å². The molecule has 0 amide bonds. The van der Waals surface area contributed by atoms with Crippen LogP contribution >= 0.6 is 0 Å². The summed E-state index contributed by atoms with van der Waals surface area (Å²) >= 11 is 0. The third kappa shape index (κ3) is 3.54. The smallest absolute Gasteiger partial charge is 0.203 e. The van der Waals surface area contributed by atoms with Crippen LogP contribution in [0.5, 0.6) is 0 Å². The monoisotopic (exact) mass is 291 g/mol. The lowest BCUT2D eigenvalue weighted by Crippen LogP contribution is -2.42. The topological polar surface area (TPSA) is 46.6 Å². The van der Waals surface area contributed by atoms with Crippen LogP contribution in [0.3, 0.4) is 0 Å². The highest BCUT2D eigenvalue weighted by molar-refractivity contribution is 5.49. The molecule has 5 heteroatoms. The lowest BCUT2D eigenvalue weighted by atomic mass is 10.0. The van der Waals surface area contributed by atoms with Crippen LogP contribution < -0.4 is 5.32 Å². The van der Waals surface area contributed by atoms with Gasteiger partial charge in [0.2, 0.25) is 6.29 Å². The molecule has 1 aromatic rings. The van der Waals surface area contributed by atoms with Gasteiger partial charge in [0.1, 0.15) is 5.69 Å². The van der Waals surface area contributed by atoms with Crippen molar-refractivity contribution >= 4 is 5.69 Å². The van der Waals surface area contributed by atoms with Gasteiger partial charge >= 0.3 is 0 Å². The molecular formula is C16H25N3O2. The summed E-state index contributed by atoms with van der Waals surface area (Å²) in [6.45, 7) is 8.13. The minimum absolute atomic E-state index is 0.315. The minimum Gasteiger partial charge on any atom is -0.381 e. The number of likely N-dealkylation sites (tertiary alicyclic amines) is 1. The van der Waals surface area contributed by atoms with E-state index in [1.54, 1.807) is 6.20 Å². The molecule has 2 saturated heterocycles. The SMILES string of the molecule is CC(C)N1CCC(Nc2cccnc2C2OCCO2)CC1. The molecule has 0 atom stereocenters. The van der Waals surface area contributed by atoms with Gasteiger partial charge in [-0.25, -0.2) is 0 Å². The van der Waals surface area contributed by atoms with Crippen molar-refractivity contribution in [2.75, 3.05) is 31.6 Å². The van der Waals surface area contributed by atoms with Crippen molar-refractivity contribution in [1.29, 1.82) is 0 Å². The fraction of sp³-hybridized carbons (Fsp3) is 0.688. The number of aromatic nitrogens is 1. The van der Waals surface area contributed by atoms with Crippen LogP contribution in [-0.4, -0.2) is 48.3 Å². The summed E-state index contributed by atoms with van der Waals surface area (Å²) in [7, 11) is 0. The lowest BCUT2D eigenvalue weighted by molar-refractivity contribution is -0.0467. The summed E-state index contributed by atoms with van der Waals surface area (Å²) in [5.41, 5.74) is 1.92. The first kappa shape index (κ1) is 14.8. The number of anilines is 1. The van der Waals surface area contributed by atoms with Gasteiger partial charge in [0.15, 0.2) is 0 Å². The van der Waals surface area contributed by atoms with Gasteiger partial charge in [0.05, 0.1) is 18.9 Å². The summed E-state index contributed by atoms with van der Waals surface area (Å²) in [5.74, 6) is 0. The van der Waals surface area contributed by atoms with Gasteiger partial charge in [-0.15, -0.1) is 0 Å². The predicted octanol–water partition coefficient (Wildman–Crippen LogP) is 2.41. The van der Waals surface area contributed by atoms with Crippen molar-refractivity contribution in [3.8, 4) is 0 Å². The number of nitrogens with one attached hydrogen (secondary N) is 1. The van der Waals surface area contributed by atoms with E-state index in [0.29, 0.717) is 25.3 Å². The Kier molecular flexibility index (Phi) is 4.73. The molecule has 0 saturated carbocycles. The van der Waals surface area contributed by atoms with Crippen LogP contribution in [0.25, 0.3) is 0 Å². The highest BCUT2D eigenvalue weighted by Crippen LogP contribution is 2.29. The van der Waals surface area contributed by atoms with Crippen molar-refractivity contribution in [3.05, 3.63) is 24.0 Å². The number of rotatable bonds is 4. The third-order valence-corrected chi connectivity index (χ3v) is 4.30. The largest absolute Gasteiger partial charge is 0.381 e. The van der Waals surface area contributed by atoms with Crippen LogP contribution in [0.15, 0.2) is 18.3 Å². The molecule has 0 spiro atoms. The summed E-state index contributed by atoms with van der Waals surface area (Å²) in [4.78, 5) is 6.98. The second-order valence-corrected chi connectivity index (χ2v) is 6.06. The number of hydrogen-bond acceptors (Lipinski definition) is 5. The van der Waals surface area contributed by atoms with Crippen LogP contribution in [0.1, 0.15) is 38.7 Å². The Balaban J connectivity index is 1.63. The summed E-state index contributed by atoms with van der Waals surface area (Å²) in [5, 5.41) is 3.64. The second kappa shape index (κ2) is 6.73. The highest BCUT2D eigenvalue weighted by Gasteiger charge is 2.25. The minimum atomic E-state index is -0.315. The molecule has 0 unspecified atom stereocenters. The van der Waals surface area contributed by atoms with Crippen molar-refractivity contribution in [3.63, 3.8) is 0 Å². The molecule has 0 bridgehead atoms. The van der Waals surface area contributed by atoms with Gasteiger partial charge in [-0.1, -0.05) is 0 Å². The number of nitrogens with zero attached hydrogens (tertiary/aromatic N) is 2. The van der Waals surface area contributed by atoms with Crippen LogP contribution in [-0.2, 0) is 9.47 Å². The molecule has 3 rings (SSSR count). The highest BCUT2D eigenvalue weighted by atomic mass is 16.7. The molecule has 0 aromatic carbocycles. The quantitative estimate of drug-likeness (QED) is 0.923. The summed E-state index contributed by atoms with van der Waals surface area (Å²) in [6, 6.07) is 5.18. The molecule has 2 aliphatic rings. The van der Waals surface area contributed by atoms with Gasteiger partial charge in [0, 0.05) is 31.4 Å². The summed E-state index contributed by atoms with van der Waals surface area (Å²) in [6.07, 6.45) is 3.81. The molecule has 2 aliphatic heterocycles. The van der Waals surface area contributed by atoms with E-state index < -0.39 is 0 Å². The zero-order valence-corrected chi connectivity index (χ0v) is 12.9. The zero-order chi connectivity index (χ0) is 14.7. The molecule has 2 fully saturated rings. The van der Waals surface area contributed by atoms with Gasteiger partial charge in [0.25, 0.3) is 0 Å². The van der Waals surface area contributed by atoms with Crippen molar-refractivity contribution in [1.82, 2.24) is 9.88 Å². The molecule has 5 nitrogen and oxygen atoms in total. The standard InChI is InChI=1S/C16H25N3O2/c1-12(2)19-8-5-13(6-9-19)18-14-4-3-7-17-15(14)16-20-10-11-21-16/h3-4,7,12-13,16,18H,5-6,8-11H2,1-2H3. The average molecular weight is 291 g/mol. The Bertz CT molecular complexity index is 453. The van der Waals surface area contributed by atoms with E-state index in [9.17, 15) is 0 Å². The molecule has 21 heavy (non-hydrogen) atoms. The number of piperidine rings is 1. The second-order valence-electron chi connectivity index (χ2n) is 6.06. The molecule has 0 radical (unpaired) electrons. The van der Waals surface area contributed by atoms with E-state index in [-0.39, 0.29) is 6.29 Å². The van der Waals surface area contributed by atoms with E-state index in [1.165, 1.54) is 12.8 Å². The van der Waals surface area contributed by atoms with E-state index in [0.717, 1.165) is 24.5 Å². The Morgan fingerprint density at radius 1 is 1.24 bits per heavy atom. The molecule has 1 N–H and O–H groups in total. The molecule has 1 aromatic heterocycles. The van der Waals surface area contributed by atoms with Gasteiger partial charge in [-0.3, -0.25) is 4.98 Å². The van der Waals surface area contributed by atoms with Gasteiger partial charge < -0.3 is 19.7 Å². The van der Waals surface area contributed by atoms with E-state index >= 15 is 0 Å². The van der Waals surface area contributed by atoms with Crippen molar-refractivity contribution < 1.29 is 9.47 Å². The van der Waals surface area contributed by atoms with Gasteiger partial charge in [-0.05, 0) is 38.8 Å². The zero-order valence-electron chi connectivity index (χ0n) is 12.9. The Hall–Kier alpha value is -1.17. The fourth-order valence-corrected chi connectivity index (χ4v) is 3.02. The number of ether oxygens (including phenoxy) is 2. The lowest BCUT2D eigenvalue weighted by Gasteiger charge is -2.35. The van der Waals surface area contributed by atoms with Crippen molar-refractivity contribution in [2.24, 2.45) is 0 Å². The first-order valence-electron chi connectivity index (χ1n) is 7.93. The van der Waals surface area contributed by atoms with Crippen molar-refractivity contribution in [2.45, 2.75) is 45.1 Å². The number of pyridine rings is 1. The van der Waals surface area contributed by atoms with Crippen LogP contribution in [0.4, 0.5) is 5.69 Å². The maximum absolute atomic E-state index is 5.58. The Labute approximate surface area is 126 Å². The number of hydrogen-bond donors (Lipinski definition) is 1. The van der Waals surface area contributed by atoms with Crippen LogP contribution in [0, 0.1) is 0 Å². The van der Waals surface area contributed by atoms with Gasteiger partial charge in [-0.2, -0.15) is 0 Å². The first-order valence-corrected chi connectivity index (χ1v) is 7.93. The maximum atomic E-state index is 5.58. The molecule has 116 valence electrons. The Morgan fingerprint density at radius 2 is 1.95 bits per heavy atom. The first-order chi connectivity index (χ1) is 10.2. The Morgan fingerprint density at radius 3 is 2.62 bits per heavy atom. The maximum Gasteiger partial charge on any atom is 0.203 e. The molecule has 3 heterocycles. The average Bonchev–Trinajstić information content (AvgIpc) is 3.02. The summed E-state index contributed by atoms with van der Waals surface area (Å²) < 4.78 is 11.2. The van der Waals surface area contributed by atoms with E-state index in [2.05, 4.69) is 35.1 Å². The molecular weight excluding hydrogens is 266 g/mol. The molecule has 0 aliphatic carbocycles.